The Balaban J connectivity index is 0.978. The summed E-state index contributed by atoms with van der Waals surface area (Å²) in [6, 6.07) is 3.73. The van der Waals surface area contributed by atoms with Gasteiger partial charge in [0.05, 0.1) is 29.7 Å². The van der Waals surface area contributed by atoms with E-state index >= 15 is 0 Å². The van der Waals surface area contributed by atoms with Crippen LogP contribution in [0.3, 0.4) is 0 Å². The number of rotatable bonds is 9. The fourth-order valence-corrected chi connectivity index (χ4v) is 7.52. The number of hydrogen-bond donors (Lipinski definition) is 1. The smallest absolute Gasteiger partial charge is 0.214 e. The van der Waals surface area contributed by atoms with Gasteiger partial charge in [0.15, 0.2) is 17.9 Å². The Kier molecular flexibility index (Phi) is 7.30. The summed E-state index contributed by atoms with van der Waals surface area (Å²) in [7, 11) is -3.18. The van der Waals surface area contributed by atoms with Gasteiger partial charge in [0.25, 0.3) is 0 Å². The first-order valence-corrected chi connectivity index (χ1v) is 15.2. The van der Waals surface area contributed by atoms with E-state index in [9.17, 15) is 17.6 Å². The summed E-state index contributed by atoms with van der Waals surface area (Å²) in [6.07, 6.45) is 9.14. The standard InChI is InChI=1S/C27H34FN5O5S/c28-20-1-6-24(19(11-20)14-34)38-25-12-29-18-30-26(25)33-16-27(17-33)7-9-32(10-8-27)13-22-3-2-21(15-37-22)31-39(35,36)23-4-5-23/h1,6,11-12,14,18,21-23,31H,2-5,7-10,13,15-17H2/t21-,22+/m1/s1. The molecule has 2 atom stereocenters. The van der Waals surface area contributed by atoms with Gasteiger partial charge in [0.2, 0.25) is 10.0 Å². The van der Waals surface area contributed by atoms with Crippen LogP contribution in [0.4, 0.5) is 10.2 Å². The molecule has 3 aliphatic heterocycles. The lowest BCUT2D eigenvalue weighted by atomic mass is 9.72. The summed E-state index contributed by atoms with van der Waals surface area (Å²) in [5.74, 6) is 0.872. The first kappa shape index (κ1) is 26.5. The fraction of sp³-hybridized carbons (Fsp3) is 0.593. The molecule has 1 aliphatic carbocycles. The van der Waals surface area contributed by atoms with Crippen molar-refractivity contribution in [3.8, 4) is 11.5 Å². The number of likely N-dealkylation sites (tertiary alicyclic amines) is 1. The van der Waals surface area contributed by atoms with E-state index in [1.165, 1.54) is 18.5 Å². The van der Waals surface area contributed by atoms with Crippen LogP contribution in [0.5, 0.6) is 11.5 Å². The summed E-state index contributed by atoms with van der Waals surface area (Å²) >= 11 is 0. The van der Waals surface area contributed by atoms with Crippen LogP contribution in [0.15, 0.2) is 30.7 Å². The number of anilines is 1. The van der Waals surface area contributed by atoms with E-state index in [0.717, 1.165) is 77.3 Å². The van der Waals surface area contributed by atoms with Gasteiger partial charge in [-0.15, -0.1) is 0 Å². The summed E-state index contributed by atoms with van der Waals surface area (Å²) in [6.45, 7) is 5.04. The van der Waals surface area contributed by atoms with Crippen molar-refractivity contribution in [2.45, 2.75) is 55.9 Å². The van der Waals surface area contributed by atoms with Crippen LogP contribution in [0.1, 0.15) is 48.9 Å². The van der Waals surface area contributed by atoms with Crippen molar-refractivity contribution in [1.82, 2.24) is 19.6 Å². The predicted molar refractivity (Wildman–Crippen MR) is 142 cm³/mol. The molecule has 2 aromatic rings. The highest BCUT2D eigenvalue weighted by atomic mass is 32.2. The first-order valence-electron chi connectivity index (χ1n) is 13.7. The van der Waals surface area contributed by atoms with Gasteiger partial charge >= 0.3 is 0 Å². The van der Waals surface area contributed by atoms with Crippen LogP contribution in [0.2, 0.25) is 0 Å². The van der Waals surface area contributed by atoms with Crippen molar-refractivity contribution in [2.24, 2.45) is 5.41 Å². The van der Waals surface area contributed by atoms with E-state index in [1.807, 2.05) is 0 Å². The molecule has 0 amide bonds. The molecule has 1 aromatic carbocycles. The topological polar surface area (TPSA) is 114 Å². The molecule has 1 spiro atoms. The van der Waals surface area contributed by atoms with Gasteiger partial charge in [-0.2, -0.15) is 0 Å². The maximum atomic E-state index is 13.5. The van der Waals surface area contributed by atoms with E-state index < -0.39 is 15.8 Å². The zero-order valence-corrected chi connectivity index (χ0v) is 22.6. The molecule has 3 saturated heterocycles. The number of benzene rings is 1. The van der Waals surface area contributed by atoms with Crippen LogP contribution < -0.4 is 14.4 Å². The summed E-state index contributed by atoms with van der Waals surface area (Å²) in [5, 5.41) is -0.197. The van der Waals surface area contributed by atoms with E-state index in [0.29, 0.717) is 24.5 Å². The number of halogens is 1. The minimum absolute atomic E-state index is 0.110. The van der Waals surface area contributed by atoms with E-state index in [1.54, 1.807) is 6.20 Å². The van der Waals surface area contributed by atoms with Crippen molar-refractivity contribution in [2.75, 3.05) is 44.2 Å². The molecule has 39 heavy (non-hydrogen) atoms. The van der Waals surface area contributed by atoms with Crippen molar-refractivity contribution < 1.29 is 27.1 Å². The third-order valence-corrected chi connectivity index (χ3v) is 10.4. The number of aldehydes is 1. The second kappa shape index (κ2) is 10.7. The molecule has 0 bridgehead atoms. The second-order valence-corrected chi connectivity index (χ2v) is 13.4. The monoisotopic (exact) mass is 559 g/mol. The molecule has 0 unspecified atom stereocenters. The van der Waals surface area contributed by atoms with Gasteiger partial charge in [-0.1, -0.05) is 0 Å². The van der Waals surface area contributed by atoms with Gasteiger partial charge < -0.3 is 19.3 Å². The van der Waals surface area contributed by atoms with Crippen LogP contribution in [-0.2, 0) is 14.8 Å². The Morgan fingerprint density at radius 1 is 1.15 bits per heavy atom. The molecule has 210 valence electrons. The van der Waals surface area contributed by atoms with Crippen molar-refractivity contribution in [1.29, 1.82) is 0 Å². The third kappa shape index (κ3) is 5.93. The fourth-order valence-electron chi connectivity index (χ4n) is 5.92. The molecule has 1 N–H and O–H groups in total. The summed E-state index contributed by atoms with van der Waals surface area (Å²) in [4.78, 5) is 24.5. The van der Waals surface area contributed by atoms with E-state index in [-0.39, 0.29) is 34.1 Å². The Bertz CT molecular complexity index is 1300. The Morgan fingerprint density at radius 2 is 1.95 bits per heavy atom. The molecular formula is C27H34FN5O5S. The number of nitrogens with one attached hydrogen (secondary N) is 1. The highest BCUT2D eigenvalue weighted by Crippen LogP contribution is 2.45. The molecule has 10 nitrogen and oxygen atoms in total. The number of carbonyl (C=O) groups excluding carboxylic acids is 1. The Hall–Kier alpha value is -2.67. The van der Waals surface area contributed by atoms with Crippen LogP contribution in [0.25, 0.3) is 0 Å². The molecule has 0 radical (unpaired) electrons. The maximum absolute atomic E-state index is 13.5. The zero-order valence-electron chi connectivity index (χ0n) is 21.8. The molecule has 4 fully saturated rings. The zero-order chi connectivity index (χ0) is 27.0. The number of carbonyl (C=O) groups is 1. The Morgan fingerprint density at radius 3 is 2.64 bits per heavy atom. The summed E-state index contributed by atoms with van der Waals surface area (Å²) < 4.78 is 52.7. The highest BCUT2D eigenvalue weighted by Gasteiger charge is 2.46. The van der Waals surface area contributed by atoms with Crippen molar-refractivity contribution in [3.05, 3.63) is 42.1 Å². The Labute approximate surface area is 227 Å². The highest BCUT2D eigenvalue weighted by molar-refractivity contribution is 7.90. The maximum Gasteiger partial charge on any atom is 0.214 e. The molecule has 1 aromatic heterocycles. The minimum Gasteiger partial charge on any atom is -0.451 e. The summed E-state index contributed by atoms with van der Waals surface area (Å²) in [5.41, 5.74) is 0.358. The molecule has 12 heteroatoms. The average molecular weight is 560 g/mol. The quantitative estimate of drug-likeness (QED) is 0.463. The lowest BCUT2D eigenvalue weighted by Gasteiger charge is -2.54. The molecule has 1 saturated carbocycles. The van der Waals surface area contributed by atoms with Crippen LogP contribution in [0, 0.1) is 11.2 Å². The number of sulfonamides is 1. The van der Waals surface area contributed by atoms with Gasteiger partial charge in [-0.05, 0) is 69.8 Å². The van der Waals surface area contributed by atoms with E-state index in [2.05, 4.69) is 24.5 Å². The third-order valence-electron chi connectivity index (χ3n) is 8.37. The number of hydrogen-bond acceptors (Lipinski definition) is 9. The number of aromatic nitrogens is 2. The number of ether oxygens (including phenoxy) is 2. The number of piperidine rings is 1. The van der Waals surface area contributed by atoms with Gasteiger partial charge in [0.1, 0.15) is 17.9 Å². The van der Waals surface area contributed by atoms with Crippen LogP contribution in [-0.4, -0.2) is 86.3 Å². The number of nitrogens with zero attached hydrogens (tertiary/aromatic N) is 4. The van der Waals surface area contributed by atoms with Crippen LogP contribution >= 0.6 is 0 Å². The van der Waals surface area contributed by atoms with Gasteiger partial charge in [0, 0.05) is 31.1 Å². The molecular weight excluding hydrogens is 525 g/mol. The molecule has 4 aliphatic rings. The first-order chi connectivity index (χ1) is 18.8. The second-order valence-electron chi connectivity index (χ2n) is 11.4. The van der Waals surface area contributed by atoms with Gasteiger partial charge in [-0.25, -0.2) is 27.5 Å². The van der Waals surface area contributed by atoms with Crippen molar-refractivity contribution in [3.63, 3.8) is 0 Å². The normalized spacial score (nSPS) is 25.3. The predicted octanol–water partition coefficient (Wildman–Crippen LogP) is 2.75. The molecule has 6 rings (SSSR count). The SMILES string of the molecule is O=Cc1cc(F)ccc1Oc1cncnc1N1CC2(CCN(C[C@@H]3CC[C@@H](NS(=O)(=O)C4CC4)CO3)CC2)C1. The lowest BCUT2D eigenvalue weighted by molar-refractivity contribution is -0.0299. The van der Waals surface area contributed by atoms with Crippen molar-refractivity contribution >= 4 is 22.1 Å². The molecule has 4 heterocycles. The minimum atomic E-state index is -3.18. The van der Waals surface area contributed by atoms with E-state index in [4.69, 9.17) is 9.47 Å². The lowest BCUT2D eigenvalue weighted by Crippen LogP contribution is -2.61. The average Bonchev–Trinajstić information content (AvgIpc) is 3.77. The van der Waals surface area contributed by atoms with Gasteiger partial charge in [-0.3, -0.25) is 4.79 Å². The largest absolute Gasteiger partial charge is 0.451 e.